The van der Waals surface area contributed by atoms with Gasteiger partial charge < -0.3 is 5.32 Å². The van der Waals surface area contributed by atoms with Crippen molar-refractivity contribution in [2.45, 2.75) is 6.92 Å². The fourth-order valence-corrected chi connectivity index (χ4v) is 5.79. The summed E-state index contributed by atoms with van der Waals surface area (Å²) in [6.45, 7) is 2.00. The van der Waals surface area contributed by atoms with E-state index in [9.17, 15) is 4.79 Å². The highest BCUT2D eigenvalue weighted by atomic mass is 35.5. The lowest BCUT2D eigenvalue weighted by Crippen LogP contribution is -2.11. The number of carbonyl (C=O) groups is 1. The van der Waals surface area contributed by atoms with Crippen molar-refractivity contribution in [3.05, 3.63) is 82.2 Å². The van der Waals surface area contributed by atoms with Crippen LogP contribution in [0.5, 0.6) is 0 Å². The quantitative estimate of drug-likeness (QED) is 0.321. The van der Waals surface area contributed by atoms with Gasteiger partial charge in [-0.1, -0.05) is 54.1 Å². The average Bonchev–Trinajstić information content (AvgIpc) is 3.31. The molecule has 5 aromatic rings. The molecular formula is C23H15ClN2OS2. The van der Waals surface area contributed by atoms with Crippen LogP contribution in [0, 0.1) is 6.92 Å². The molecule has 0 aliphatic heterocycles. The molecule has 1 amide bonds. The Kier molecular flexibility index (Phi) is 4.59. The number of aromatic nitrogens is 1. The fraction of sp³-hybridized carbons (Fsp3) is 0.0435. The van der Waals surface area contributed by atoms with Crippen LogP contribution in [0.25, 0.3) is 30.9 Å². The molecule has 1 N–H and O–H groups in total. The van der Waals surface area contributed by atoms with Crippen molar-refractivity contribution in [1.29, 1.82) is 0 Å². The van der Waals surface area contributed by atoms with Crippen molar-refractivity contribution >= 4 is 66.2 Å². The molecule has 2 aromatic heterocycles. The molecule has 0 radical (unpaired) electrons. The van der Waals surface area contributed by atoms with Crippen LogP contribution in [0.3, 0.4) is 0 Å². The Balaban J connectivity index is 1.51. The van der Waals surface area contributed by atoms with Crippen molar-refractivity contribution in [3.63, 3.8) is 0 Å². The van der Waals surface area contributed by atoms with E-state index in [-0.39, 0.29) is 5.91 Å². The van der Waals surface area contributed by atoms with Gasteiger partial charge in [0.15, 0.2) is 0 Å². The number of anilines is 1. The molecule has 0 spiro atoms. The van der Waals surface area contributed by atoms with Crippen LogP contribution in [0.15, 0.2) is 66.7 Å². The number of amides is 1. The maximum absolute atomic E-state index is 12.9. The third kappa shape index (κ3) is 3.21. The van der Waals surface area contributed by atoms with Crippen LogP contribution in [0.4, 0.5) is 5.69 Å². The molecule has 3 nitrogen and oxygen atoms in total. The first kappa shape index (κ1) is 18.3. The molecule has 29 heavy (non-hydrogen) atoms. The van der Waals surface area contributed by atoms with Gasteiger partial charge in [-0.05, 0) is 36.8 Å². The zero-order valence-corrected chi connectivity index (χ0v) is 17.8. The van der Waals surface area contributed by atoms with E-state index in [4.69, 9.17) is 16.6 Å². The van der Waals surface area contributed by atoms with Crippen molar-refractivity contribution in [3.8, 4) is 10.6 Å². The van der Waals surface area contributed by atoms with E-state index < -0.39 is 0 Å². The summed E-state index contributed by atoms with van der Waals surface area (Å²) in [6, 6.07) is 21.8. The fourth-order valence-electron chi connectivity index (χ4n) is 3.33. The highest BCUT2D eigenvalue weighted by Crippen LogP contribution is 2.37. The van der Waals surface area contributed by atoms with Crippen molar-refractivity contribution < 1.29 is 4.79 Å². The molecule has 0 atom stereocenters. The maximum atomic E-state index is 12.9. The van der Waals surface area contributed by atoms with Crippen molar-refractivity contribution in [1.82, 2.24) is 4.98 Å². The Morgan fingerprint density at radius 1 is 0.931 bits per heavy atom. The highest BCUT2D eigenvalue weighted by Gasteiger charge is 2.19. The lowest BCUT2D eigenvalue weighted by Gasteiger charge is -2.11. The Bertz CT molecular complexity index is 1350. The minimum atomic E-state index is -0.194. The van der Waals surface area contributed by atoms with E-state index in [0.29, 0.717) is 9.90 Å². The number of hydrogen-bond acceptors (Lipinski definition) is 4. The zero-order chi connectivity index (χ0) is 20.0. The molecule has 5 rings (SSSR count). The first-order valence-corrected chi connectivity index (χ1v) is 11.1. The Morgan fingerprint density at radius 3 is 2.48 bits per heavy atom. The van der Waals surface area contributed by atoms with Gasteiger partial charge in [0.2, 0.25) is 0 Å². The summed E-state index contributed by atoms with van der Waals surface area (Å²) in [7, 11) is 0. The summed E-state index contributed by atoms with van der Waals surface area (Å²) < 4.78 is 2.15. The summed E-state index contributed by atoms with van der Waals surface area (Å²) in [5, 5.41) is 5.39. The number of fused-ring (bicyclic) bond motifs is 2. The normalized spacial score (nSPS) is 11.2. The van der Waals surface area contributed by atoms with Crippen molar-refractivity contribution in [2.75, 3.05) is 5.32 Å². The van der Waals surface area contributed by atoms with Gasteiger partial charge in [-0.15, -0.1) is 22.7 Å². The third-order valence-electron chi connectivity index (χ3n) is 4.85. The summed E-state index contributed by atoms with van der Waals surface area (Å²) in [5.41, 5.74) is 3.75. The monoisotopic (exact) mass is 434 g/mol. The molecule has 0 aliphatic rings. The summed E-state index contributed by atoms with van der Waals surface area (Å²) in [4.78, 5) is 18.2. The molecule has 6 heteroatoms. The van der Waals surface area contributed by atoms with Crippen LogP contribution in [0.2, 0.25) is 5.02 Å². The van der Waals surface area contributed by atoms with Crippen LogP contribution >= 0.6 is 34.3 Å². The number of thiophene rings is 1. The average molecular weight is 435 g/mol. The molecule has 0 saturated carbocycles. The summed E-state index contributed by atoms with van der Waals surface area (Å²) in [5.74, 6) is -0.194. The lowest BCUT2D eigenvalue weighted by atomic mass is 10.1. The number of hydrogen-bond donors (Lipinski definition) is 1. The highest BCUT2D eigenvalue weighted by molar-refractivity contribution is 7.22. The Morgan fingerprint density at radius 2 is 1.69 bits per heavy atom. The molecule has 0 bridgehead atoms. The molecule has 3 aromatic carbocycles. The standard InChI is InChI=1S/C23H15ClN2OS2/c1-13-14(23-26-17-9-3-5-12-19(17)29-23)8-6-10-16(13)25-22(27)21-20(24)15-7-2-4-11-18(15)28-21/h2-12H,1H3,(H,25,27). The van der Waals surface area contributed by atoms with Gasteiger partial charge in [-0.3, -0.25) is 4.79 Å². The second-order valence-electron chi connectivity index (χ2n) is 6.66. The molecule has 2 heterocycles. The molecule has 142 valence electrons. The SMILES string of the molecule is Cc1c(NC(=O)c2sc3ccccc3c2Cl)cccc1-c1nc2ccccc2s1. The molecular weight excluding hydrogens is 420 g/mol. The minimum absolute atomic E-state index is 0.194. The second-order valence-corrected chi connectivity index (χ2v) is 9.12. The Hall–Kier alpha value is -2.73. The maximum Gasteiger partial charge on any atom is 0.267 e. The smallest absolute Gasteiger partial charge is 0.267 e. The number of carbonyl (C=O) groups excluding carboxylic acids is 1. The summed E-state index contributed by atoms with van der Waals surface area (Å²) in [6.07, 6.45) is 0. The van der Waals surface area contributed by atoms with E-state index in [1.165, 1.54) is 11.3 Å². The van der Waals surface area contributed by atoms with E-state index in [2.05, 4.69) is 11.4 Å². The van der Waals surface area contributed by atoms with Crippen molar-refractivity contribution in [2.24, 2.45) is 0 Å². The van der Waals surface area contributed by atoms with Gasteiger partial charge in [0.05, 0.1) is 15.2 Å². The number of halogens is 1. The van der Waals surface area contributed by atoms with E-state index in [1.807, 2.05) is 67.6 Å². The zero-order valence-electron chi connectivity index (χ0n) is 15.4. The van der Waals surface area contributed by atoms with Gasteiger partial charge >= 0.3 is 0 Å². The minimum Gasteiger partial charge on any atom is -0.321 e. The van der Waals surface area contributed by atoms with Crippen LogP contribution < -0.4 is 5.32 Å². The molecule has 0 saturated heterocycles. The van der Waals surface area contributed by atoms with E-state index >= 15 is 0 Å². The van der Waals surface area contributed by atoms with Crippen LogP contribution in [-0.4, -0.2) is 10.9 Å². The first-order chi connectivity index (χ1) is 14.1. The summed E-state index contributed by atoms with van der Waals surface area (Å²) >= 11 is 9.53. The number of nitrogens with zero attached hydrogens (tertiary/aromatic N) is 1. The number of rotatable bonds is 3. The second kappa shape index (κ2) is 7.26. The number of nitrogens with one attached hydrogen (secondary N) is 1. The van der Waals surface area contributed by atoms with Crippen LogP contribution in [-0.2, 0) is 0 Å². The number of thiazole rings is 1. The number of para-hydroxylation sites is 1. The largest absolute Gasteiger partial charge is 0.321 e. The predicted octanol–water partition coefficient (Wildman–Crippen LogP) is 7.39. The van der Waals surface area contributed by atoms with Gasteiger partial charge in [0.1, 0.15) is 9.88 Å². The van der Waals surface area contributed by atoms with Gasteiger partial charge in [0.25, 0.3) is 5.91 Å². The van der Waals surface area contributed by atoms with Gasteiger partial charge in [-0.25, -0.2) is 4.98 Å². The van der Waals surface area contributed by atoms with Crippen LogP contribution in [0.1, 0.15) is 15.2 Å². The van der Waals surface area contributed by atoms with Gasteiger partial charge in [-0.2, -0.15) is 0 Å². The third-order valence-corrected chi connectivity index (χ3v) is 7.59. The lowest BCUT2D eigenvalue weighted by molar-refractivity contribution is 0.103. The van der Waals surface area contributed by atoms with E-state index in [1.54, 1.807) is 11.3 Å². The first-order valence-electron chi connectivity index (χ1n) is 9.06. The van der Waals surface area contributed by atoms with Gasteiger partial charge in [0, 0.05) is 21.3 Å². The number of benzene rings is 3. The predicted molar refractivity (Wildman–Crippen MR) is 125 cm³/mol. The Labute approximate surface area is 180 Å². The topological polar surface area (TPSA) is 42.0 Å². The van der Waals surface area contributed by atoms with E-state index in [0.717, 1.165) is 42.1 Å². The molecule has 0 aliphatic carbocycles. The molecule has 0 fully saturated rings. The molecule has 0 unspecified atom stereocenters.